The van der Waals surface area contributed by atoms with Gasteiger partial charge in [0.15, 0.2) is 5.82 Å². The summed E-state index contributed by atoms with van der Waals surface area (Å²) >= 11 is 3.88. The van der Waals surface area contributed by atoms with Crippen molar-refractivity contribution in [3.8, 4) is 5.75 Å². The molecule has 88 valence electrons. The van der Waals surface area contributed by atoms with Gasteiger partial charge in [-0.25, -0.2) is 14.4 Å². The summed E-state index contributed by atoms with van der Waals surface area (Å²) in [6.07, 6.45) is 1.07. The second-order valence-electron chi connectivity index (χ2n) is 3.22. The minimum absolute atomic E-state index is 0.00500. The summed E-state index contributed by atoms with van der Waals surface area (Å²) in [7, 11) is 1.58. The van der Waals surface area contributed by atoms with Crippen LogP contribution in [0.4, 0.5) is 16.0 Å². The van der Waals surface area contributed by atoms with Crippen molar-refractivity contribution in [2.75, 3.05) is 12.4 Å². The number of benzene rings is 1. The van der Waals surface area contributed by atoms with Gasteiger partial charge in [-0.05, 0) is 12.1 Å². The van der Waals surface area contributed by atoms with Crippen LogP contribution < -0.4 is 10.1 Å². The second-order valence-corrected chi connectivity index (χ2v) is 3.65. The quantitative estimate of drug-likeness (QED) is 0.650. The molecule has 0 aliphatic rings. The molecular formula is C11H10FN3OS. The van der Waals surface area contributed by atoms with Gasteiger partial charge in [-0.2, -0.15) is 0 Å². The molecule has 0 atom stereocenters. The van der Waals surface area contributed by atoms with E-state index in [0.717, 1.165) is 11.9 Å². The number of anilines is 2. The minimum Gasteiger partial charge on any atom is -0.497 e. The average molecular weight is 251 g/mol. The van der Waals surface area contributed by atoms with Crippen LogP contribution in [0, 0.1) is 5.82 Å². The third-order valence-electron chi connectivity index (χ3n) is 2.05. The van der Waals surface area contributed by atoms with Crippen molar-refractivity contribution < 1.29 is 9.13 Å². The molecule has 1 heterocycles. The van der Waals surface area contributed by atoms with Gasteiger partial charge in [-0.3, -0.25) is 0 Å². The fourth-order valence-corrected chi connectivity index (χ4v) is 1.40. The number of thiol groups is 1. The Kier molecular flexibility index (Phi) is 3.43. The van der Waals surface area contributed by atoms with Gasteiger partial charge >= 0.3 is 0 Å². The zero-order chi connectivity index (χ0) is 12.3. The lowest BCUT2D eigenvalue weighted by molar-refractivity contribution is 0.415. The number of ether oxygens (including phenoxy) is 1. The van der Waals surface area contributed by atoms with Crippen molar-refractivity contribution >= 4 is 24.3 Å². The molecule has 1 N–H and O–H groups in total. The zero-order valence-electron chi connectivity index (χ0n) is 9.01. The Morgan fingerprint density at radius 3 is 2.94 bits per heavy atom. The minimum atomic E-state index is -0.551. The monoisotopic (exact) mass is 251 g/mol. The number of nitrogens with zero attached hydrogens (tertiary/aromatic N) is 2. The van der Waals surface area contributed by atoms with Crippen molar-refractivity contribution in [3.63, 3.8) is 0 Å². The predicted octanol–water partition coefficient (Wildman–Crippen LogP) is 2.66. The van der Waals surface area contributed by atoms with Crippen LogP contribution in [0.3, 0.4) is 0 Å². The highest BCUT2D eigenvalue weighted by atomic mass is 32.1. The lowest BCUT2D eigenvalue weighted by Crippen LogP contribution is -1.99. The maximum absolute atomic E-state index is 12.9. The van der Waals surface area contributed by atoms with Gasteiger partial charge < -0.3 is 10.1 Å². The average Bonchev–Trinajstić information content (AvgIpc) is 2.34. The highest BCUT2D eigenvalue weighted by molar-refractivity contribution is 7.80. The molecule has 2 rings (SSSR count). The van der Waals surface area contributed by atoms with Crippen molar-refractivity contribution in [2.45, 2.75) is 5.03 Å². The summed E-state index contributed by atoms with van der Waals surface area (Å²) in [5.41, 5.74) is 0.753. The smallest absolute Gasteiger partial charge is 0.228 e. The van der Waals surface area contributed by atoms with E-state index in [4.69, 9.17) is 4.74 Å². The lowest BCUT2D eigenvalue weighted by Gasteiger charge is -2.06. The Morgan fingerprint density at radius 1 is 1.41 bits per heavy atom. The highest BCUT2D eigenvalue weighted by Gasteiger charge is 2.03. The number of rotatable bonds is 3. The van der Waals surface area contributed by atoms with Crippen LogP contribution in [0.5, 0.6) is 5.75 Å². The summed E-state index contributed by atoms with van der Waals surface area (Å²) in [6, 6.07) is 7.26. The van der Waals surface area contributed by atoms with Crippen LogP contribution in [-0.4, -0.2) is 17.1 Å². The topological polar surface area (TPSA) is 47.0 Å². The molecule has 0 saturated heterocycles. The summed E-state index contributed by atoms with van der Waals surface area (Å²) < 4.78 is 18.0. The van der Waals surface area contributed by atoms with Crippen LogP contribution >= 0.6 is 12.6 Å². The Bertz CT molecular complexity index is 536. The molecule has 1 aromatic carbocycles. The Morgan fingerprint density at radius 2 is 2.24 bits per heavy atom. The Labute approximate surface area is 103 Å². The molecule has 0 aliphatic heterocycles. The van der Waals surface area contributed by atoms with Crippen LogP contribution in [0.2, 0.25) is 0 Å². The maximum Gasteiger partial charge on any atom is 0.228 e. The molecule has 0 radical (unpaired) electrons. The van der Waals surface area contributed by atoms with E-state index in [0.29, 0.717) is 5.75 Å². The molecular weight excluding hydrogens is 241 g/mol. The van der Waals surface area contributed by atoms with Gasteiger partial charge in [0, 0.05) is 11.8 Å². The molecule has 0 fully saturated rings. The summed E-state index contributed by atoms with van der Waals surface area (Å²) in [5.74, 6) is 0.442. The summed E-state index contributed by atoms with van der Waals surface area (Å²) in [6.45, 7) is 0. The van der Waals surface area contributed by atoms with Gasteiger partial charge in [-0.15, -0.1) is 12.6 Å². The van der Waals surface area contributed by atoms with E-state index in [1.54, 1.807) is 13.2 Å². The number of aromatic nitrogens is 2. The second kappa shape index (κ2) is 5.01. The number of nitrogens with one attached hydrogen (secondary N) is 1. The Hall–Kier alpha value is -1.82. The first-order chi connectivity index (χ1) is 8.19. The van der Waals surface area contributed by atoms with Gasteiger partial charge in [-0.1, -0.05) is 6.07 Å². The molecule has 0 saturated carbocycles. The molecule has 1 aromatic heterocycles. The molecule has 17 heavy (non-hydrogen) atoms. The molecule has 0 spiro atoms. The fraction of sp³-hybridized carbons (Fsp3) is 0.0909. The molecule has 6 heteroatoms. The third-order valence-corrected chi connectivity index (χ3v) is 2.37. The van der Waals surface area contributed by atoms with E-state index in [1.807, 2.05) is 18.2 Å². The zero-order valence-corrected chi connectivity index (χ0v) is 9.91. The fourth-order valence-electron chi connectivity index (χ4n) is 1.25. The third kappa shape index (κ3) is 2.85. The lowest BCUT2D eigenvalue weighted by atomic mass is 10.3. The number of hydrogen-bond acceptors (Lipinski definition) is 5. The van der Waals surface area contributed by atoms with Crippen LogP contribution in [0.25, 0.3) is 0 Å². The summed E-state index contributed by atoms with van der Waals surface area (Å²) in [5, 5.41) is 2.93. The van der Waals surface area contributed by atoms with Gasteiger partial charge in [0.2, 0.25) is 5.95 Å². The standard InChI is InChI=1S/C11H10FN3OS/c1-16-8-4-2-3-7(5-8)14-11-13-6-9(12)10(17)15-11/h2-6H,1H3,(H2,13,14,15,17). The van der Waals surface area contributed by atoms with Crippen molar-refractivity contribution in [2.24, 2.45) is 0 Å². The molecule has 2 aromatic rings. The molecule has 0 unspecified atom stereocenters. The van der Waals surface area contributed by atoms with E-state index in [9.17, 15) is 4.39 Å². The van der Waals surface area contributed by atoms with Crippen LogP contribution in [0.15, 0.2) is 35.5 Å². The van der Waals surface area contributed by atoms with Crippen molar-refractivity contribution in [1.29, 1.82) is 0 Å². The first-order valence-electron chi connectivity index (χ1n) is 4.81. The molecule has 0 bridgehead atoms. The first-order valence-corrected chi connectivity index (χ1v) is 5.26. The SMILES string of the molecule is COc1cccc(Nc2ncc(F)c(S)n2)c1. The molecule has 0 amide bonds. The number of methoxy groups -OCH3 is 1. The largest absolute Gasteiger partial charge is 0.497 e. The summed E-state index contributed by atoms with van der Waals surface area (Å²) in [4.78, 5) is 7.65. The van der Waals surface area contributed by atoms with Gasteiger partial charge in [0.1, 0.15) is 10.8 Å². The van der Waals surface area contributed by atoms with E-state index in [-0.39, 0.29) is 11.0 Å². The van der Waals surface area contributed by atoms with Crippen molar-refractivity contribution in [1.82, 2.24) is 9.97 Å². The van der Waals surface area contributed by atoms with E-state index in [1.165, 1.54) is 0 Å². The number of halogens is 1. The maximum atomic E-state index is 12.9. The van der Waals surface area contributed by atoms with Crippen LogP contribution in [0.1, 0.15) is 0 Å². The number of hydrogen-bond donors (Lipinski definition) is 2. The Balaban J connectivity index is 2.22. The molecule has 4 nitrogen and oxygen atoms in total. The van der Waals surface area contributed by atoms with E-state index in [2.05, 4.69) is 27.9 Å². The van der Waals surface area contributed by atoms with Gasteiger partial charge in [0.05, 0.1) is 13.3 Å². The van der Waals surface area contributed by atoms with Crippen LogP contribution in [-0.2, 0) is 0 Å². The van der Waals surface area contributed by atoms with E-state index < -0.39 is 5.82 Å². The van der Waals surface area contributed by atoms with Gasteiger partial charge in [0.25, 0.3) is 0 Å². The highest BCUT2D eigenvalue weighted by Crippen LogP contribution is 2.20. The normalized spacial score (nSPS) is 10.1. The predicted molar refractivity (Wildman–Crippen MR) is 65.5 cm³/mol. The van der Waals surface area contributed by atoms with E-state index >= 15 is 0 Å². The molecule has 0 aliphatic carbocycles. The van der Waals surface area contributed by atoms with Crippen molar-refractivity contribution in [3.05, 3.63) is 36.3 Å². The first kappa shape index (κ1) is 11.7.